The zero-order chi connectivity index (χ0) is 16.9. The fourth-order valence-corrected chi connectivity index (χ4v) is 2.64. The van der Waals surface area contributed by atoms with E-state index in [1.165, 1.54) is 6.21 Å². The number of hydrogen-bond acceptors (Lipinski definition) is 3. The van der Waals surface area contributed by atoms with Gasteiger partial charge in [-0.15, -0.1) is 0 Å². The molecule has 120 valence electrons. The van der Waals surface area contributed by atoms with Crippen molar-refractivity contribution in [2.24, 2.45) is 5.10 Å². The van der Waals surface area contributed by atoms with Crippen molar-refractivity contribution in [1.82, 2.24) is 5.43 Å². The molecule has 4 nitrogen and oxygen atoms in total. The van der Waals surface area contributed by atoms with Crippen molar-refractivity contribution in [3.05, 3.63) is 81.5 Å². The van der Waals surface area contributed by atoms with Gasteiger partial charge in [-0.2, -0.15) is 5.10 Å². The Morgan fingerprint density at radius 3 is 2.58 bits per heavy atom. The lowest BCUT2D eigenvalue weighted by molar-refractivity contribution is 0.0954. The lowest BCUT2D eigenvalue weighted by Gasteiger charge is -2.01. The third-order valence-corrected chi connectivity index (χ3v) is 4.18. The number of carbonyl (C=O) groups is 1. The normalized spacial score (nSPS) is 10.9. The molecule has 6 heteroatoms. The summed E-state index contributed by atoms with van der Waals surface area (Å²) in [5.74, 6) is 0.931. The Labute approximate surface area is 152 Å². The molecule has 1 amide bonds. The van der Waals surface area contributed by atoms with Gasteiger partial charge >= 0.3 is 0 Å². The second kappa shape index (κ2) is 7.47. The van der Waals surface area contributed by atoms with E-state index in [2.05, 4.69) is 26.5 Å². The van der Waals surface area contributed by atoms with Crippen LogP contribution in [0.15, 0.2) is 74.7 Å². The molecule has 0 saturated carbocycles. The molecule has 1 aromatic heterocycles. The van der Waals surface area contributed by atoms with E-state index in [0.717, 1.165) is 5.56 Å². The minimum atomic E-state index is -0.303. The molecule has 2 aromatic carbocycles. The van der Waals surface area contributed by atoms with E-state index in [0.29, 0.717) is 26.6 Å². The Bertz CT molecular complexity index is 888. The minimum Gasteiger partial charge on any atom is -0.455 e. The van der Waals surface area contributed by atoms with Crippen LogP contribution in [-0.4, -0.2) is 12.1 Å². The third kappa shape index (κ3) is 3.93. The number of amides is 1. The van der Waals surface area contributed by atoms with Crippen molar-refractivity contribution in [3.63, 3.8) is 0 Å². The van der Waals surface area contributed by atoms with Crippen LogP contribution in [0.5, 0.6) is 0 Å². The maximum atomic E-state index is 12.0. The number of rotatable bonds is 4. The van der Waals surface area contributed by atoms with E-state index < -0.39 is 0 Å². The molecule has 24 heavy (non-hydrogen) atoms. The summed E-state index contributed by atoms with van der Waals surface area (Å²) in [5.41, 5.74) is 3.89. The van der Waals surface area contributed by atoms with E-state index in [4.69, 9.17) is 16.0 Å². The van der Waals surface area contributed by atoms with Crippen LogP contribution in [0.3, 0.4) is 0 Å². The van der Waals surface area contributed by atoms with Crippen molar-refractivity contribution in [1.29, 1.82) is 0 Å². The van der Waals surface area contributed by atoms with Gasteiger partial charge < -0.3 is 4.42 Å². The summed E-state index contributed by atoms with van der Waals surface area (Å²) in [4.78, 5) is 12.0. The lowest BCUT2D eigenvalue weighted by Crippen LogP contribution is -2.17. The van der Waals surface area contributed by atoms with Gasteiger partial charge in [0.15, 0.2) is 0 Å². The van der Waals surface area contributed by atoms with Crippen LogP contribution < -0.4 is 5.43 Å². The average molecular weight is 404 g/mol. The number of hydrazone groups is 1. The number of nitrogens with one attached hydrogen (secondary N) is 1. The summed E-state index contributed by atoms with van der Waals surface area (Å²) in [6, 6.07) is 18.1. The van der Waals surface area contributed by atoms with Gasteiger partial charge in [0.05, 0.1) is 11.8 Å². The zero-order valence-corrected chi connectivity index (χ0v) is 14.7. The standard InChI is InChI=1S/C18H12BrClN2O2/c19-16-4-2-1-3-15(16)18(23)22-21-11-14-9-10-17(24-14)12-5-7-13(20)8-6-12/h1-11H,(H,22,23). The van der Waals surface area contributed by atoms with E-state index in [1.54, 1.807) is 36.4 Å². The Morgan fingerprint density at radius 1 is 1.08 bits per heavy atom. The molecule has 1 N–H and O–H groups in total. The maximum absolute atomic E-state index is 12.0. The monoisotopic (exact) mass is 402 g/mol. The first-order valence-corrected chi connectivity index (χ1v) is 8.24. The molecule has 0 aliphatic carbocycles. The van der Waals surface area contributed by atoms with Gasteiger partial charge in [-0.1, -0.05) is 23.7 Å². The predicted octanol–water partition coefficient (Wildman–Crippen LogP) is 5.13. The largest absolute Gasteiger partial charge is 0.455 e. The van der Waals surface area contributed by atoms with E-state index in [-0.39, 0.29) is 5.91 Å². The average Bonchev–Trinajstić information content (AvgIpc) is 3.04. The molecule has 0 spiro atoms. The highest BCUT2D eigenvalue weighted by molar-refractivity contribution is 9.10. The second-order valence-electron chi connectivity index (χ2n) is 4.89. The van der Waals surface area contributed by atoms with Gasteiger partial charge in [0, 0.05) is 15.1 Å². The molecular weight excluding hydrogens is 392 g/mol. The summed E-state index contributed by atoms with van der Waals surface area (Å²) >= 11 is 9.20. The molecule has 3 rings (SSSR count). The Morgan fingerprint density at radius 2 is 1.83 bits per heavy atom. The third-order valence-electron chi connectivity index (χ3n) is 3.23. The number of furan rings is 1. The molecule has 0 saturated heterocycles. The first-order chi connectivity index (χ1) is 11.6. The molecule has 0 unspecified atom stereocenters. The highest BCUT2D eigenvalue weighted by atomic mass is 79.9. The van der Waals surface area contributed by atoms with Crippen LogP contribution in [0, 0.1) is 0 Å². The summed E-state index contributed by atoms with van der Waals surface area (Å²) in [6.07, 6.45) is 1.45. The fraction of sp³-hybridized carbons (Fsp3) is 0. The first kappa shape index (κ1) is 16.5. The molecule has 0 bridgehead atoms. The first-order valence-electron chi connectivity index (χ1n) is 7.07. The lowest BCUT2D eigenvalue weighted by atomic mass is 10.2. The fourth-order valence-electron chi connectivity index (χ4n) is 2.05. The number of hydrogen-bond donors (Lipinski definition) is 1. The van der Waals surface area contributed by atoms with Gasteiger partial charge in [-0.25, -0.2) is 5.43 Å². The number of nitrogens with zero attached hydrogens (tertiary/aromatic N) is 1. The van der Waals surface area contributed by atoms with Gasteiger partial charge in [0.2, 0.25) is 0 Å². The molecule has 0 radical (unpaired) electrons. The Balaban J connectivity index is 1.66. The molecule has 0 fully saturated rings. The number of halogens is 2. The predicted molar refractivity (Wildman–Crippen MR) is 98.4 cm³/mol. The Hall–Kier alpha value is -2.37. The molecular formula is C18H12BrClN2O2. The topological polar surface area (TPSA) is 54.6 Å². The van der Waals surface area contributed by atoms with Crippen LogP contribution in [0.1, 0.15) is 16.1 Å². The zero-order valence-electron chi connectivity index (χ0n) is 12.4. The van der Waals surface area contributed by atoms with Crippen LogP contribution in [-0.2, 0) is 0 Å². The highest BCUT2D eigenvalue weighted by Crippen LogP contribution is 2.23. The molecule has 0 aliphatic heterocycles. The molecule has 0 aliphatic rings. The molecule has 3 aromatic rings. The maximum Gasteiger partial charge on any atom is 0.272 e. The highest BCUT2D eigenvalue weighted by Gasteiger charge is 2.08. The Kier molecular flexibility index (Phi) is 5.13. The van der Waals surface area contributed by atoms with Crippen molar-refractivity contribution < 1.29 is 9.21 Å². The van der Waals surface area contributed by atoms with Crippen LogP contribution in [0.4, 0.5) is 0 Å². The van der Waals surface area contributed by atoms with Crippen molar-refractivity contribution in [2.45, 2.75) is 0 Å². The van der Waals surface area contributed by atoms with Crippen LogP contribution in [0.25, 0.3) is 11.3 Å². The minimum absolute atomic E-state index is 0.303. The quantitative estimate of drug-likeness (QED) is 0.485. The summed E-state index contributed by atoms with van der Waals surface area (Å²) in [5, 5.41) is 4.59. The summed E-state index contributed by atoms with van der Waals surface area (Å²) in [6.45, 7) is 0. The molecule has 0 atom stereocenters. The number of carbonyl (C=O) groups excluding carboxylic acids is 1. The smallest absolute Gasteiger partial charge is 0.272 e. The SMILES string of the molecule is O=C(NN=Cc1ccc(-c2ccc(Cl)cc2)o1)c1ccccc1Br. The summed E-state index contributed by atoms with van der Waals surface area (Å²) in [7, 11) is 0. The van der Waals surface area contributed by atoms with E-state index in [1.807, 2.05) is 24.3 Å². The van der Waals surface area contributed by atoms with Gasteiger partial charge in [-0.05, 0) is 64.5 Å². The number of benzene rings is 2. The van der Waals surface area contributed by atoms with Crippen LogP contribution >= 0.6 is 27.5 Å². The van der Waals surface area contributed by atoms with Gasteiger partial charge in [0.25, 0.3) is 5.91 Å². The van der Waals surface area contributed by atoms with Crippen molar-refractivity contribution in [2.75, 3.05) is 0 Å². The van der Waals surface area contributed by atoms with Crippen LogP contribution in [0.2, 0.25) is 5.02 Å². The van der Waals surface area contributed by atoms with E-state index in [9.17, 15) is 4.79 Å². The molecule has 1 heterocycles. The van der Waals surface area contributed by atoms with Crippen molar-refractivity contribution in [3.8, 4) is 11.3 Å². The van der Waals surface area contributed by atoms with Gasteiger partial charge in [0.1, 0.15) is 11.5 Å². The van der Waals surface area contributed by atoms with E-state index >= 15 is 0 Å². The second-order valence-corrected chi connectivity index (χ2v) is 6.18. The van der Waals surface area contributed by atoms with Gasteiger partial charge in [-0.3, -0.25) is 4.79 Å². The van der Waals surface area contributed by atoms with Crippen molar-refractivity contribution >= 4 is 39.7 Å². The summed E-state index contributed by atoms with van der Waals surface area (Å²) < 4.78 is 6.38.